The molecule has 1 heterocycles. The van der Waals surface area contributed by atoms with Gasteiger partial charge in [-0.2, -0.15) is 0 Å². The Morgan fingerprint density at radius 3 is 2.53 bits per heavy atom. The Hall–Kier alpha value is -1.25. The molecule has 2 rings (SSSR count). The standard InChI is InChI=1S/C12H17NO2/c1-9-7-11(14)13(12(15)8-9)10-5-3-2-4-6-10/h7-8,10,14H,2-6H2,1H3. The van der Waals surface area contributed by atoms with Gasteiger partial charge in [-0.25, -0.2) is 0 Å². The lowest BCUT2D eigenvalue weighted by atomic mass is 9.95. The first-order valence-corrected chi connectivity index (χ1v) is 5.60. The summed E-state index contributed by atoms with van der Waals surface area (Å²) in [6.07, 6.45) is 5.58. The fourth-order valence-corrected chi connectivity index (χ4v) is 2.40. The summed E-state index contributed by atoms with van der Waals surface area (Å²) in [5.41, 5.74) is 0.754. The molecule has 1 aromatic rings. The van der Waals surface area contributed by atoms with E-state index in [1.807, 2.05) is 6.92 Å². The molecule has 0 spiro atoms. The zero-order valence-corrected chi connectivity index (χ0v) is 9.07. The molecule has 0 unspecified atom stereocenters. The Kier molecular flexibility index (Phi) is 2.80. The maximum atomic E-state index is 11.8. The van der Waals surface area contributed by atoms with Gasteiger partial charge in [0.05, 0.1) is 0 Å². The second kappa shape index (κ2) is 4.09. The van der Waals surface area contributed by atoms with Gasteiger partial charge in [0.1, 0.15) is 0 Å². The fourth-order valence-electron chi connectivity index (χ4n) is 2.40. The predicted molar refractivity (Wildman–Crippen MR) is 59.2 cm³/mol. The lowest BCUT2D eigenvalue weighted by molar-refractivity contribution is 0.303. The second-order valence-corrected chi connectivity index (χ2v) is 4.39. The van der Waals surface area contributed by atoms with Crippen LogP contribution in [0.25, 0.3) is 0 Å². The highest BCUT2D eigenvalue weighted by Crippen LogP contribution is 2.29. The minimum absolute atomic E-state index is 0.0700. The maximum absolute atomic E-state index is 11.8. The van der Waals surface area contributed by atoms with E-state index in [9.17, 15) is 9.90 Å². The molecular weight excluding hydrogens is 190 g/mol. The zero-order chi connectivity index (χ0) is 10.8. The van der Waals surface area contributed by atoms with Crippen LogP contribution in [-0.4, -0.2) is 9.67 Å². The Bertz CT molecular complexity index is 403. The van der Waals surface area contributed by atoms with E-state index < -0.39 is 0 Å². The molecule has 0 radical (unpaired) electrons. The van der Waals surface area contributed by atoms with Crippen molar-refractivity contribution in [3.8, 4) is 5.88 Å². The molecule has 0 bridgehead atoms. The normalized spacial score (nSPS) is 17.9. The van der Waals surface area contributed by atoms with Crippen LogP contribution >= 0.6 is 0 Å². The van der Waals surface area contributed by atoms with Crippen molar-refractivity contribution in [3.05, 3.63) is 28.0 Å². The van der Waals surface area contributed by atoms with Gasteiger partial charge in [0.2, 0.25) is 0 Å². The van der Waals surface area contributed by atoms with Crippen LogP contribution < -0.4 is 5.56 Å². The molecule has 1 fully saturated rings. The number of hydrogen-bond acceptors (Lipinski definition) is 2. The number of pyridine rings is 1. The fraction of sp³-hybridized carbons (Fsp3) is 0.583. The summed E-state index contributed by atoms with van der Waals surface area (Å²) in [4.78, 5) is 11.8. The smallest absolute Gasteiger partial charge is 0.253 e. The Balaban J connectivity index is 2.38. The van der Waals surface area contributed by atoms with Crippen molar-refractivity contribution in [1.82, 2.24) is 4.57 Å². The zero-order valence-electron chi connectivity index (χ0n) is 9.07. The third-order valence-corrected chi connectivity index (χ3v) is 3.13. The van der Waals surface area contributed by atoms with Crippen LogP contribution in [0.3, 0.4) is 0 Å². The van der Waals surface area contributed by atoms with Gasteiger partial charge in [-0.15, -0.1) is 0 Å². The van der Waals surface area contributed by atoms with E-state index in [0.717, 1.165) is 31.2 Å². The highest BCUT2D eigenvalue weighted by Gasteiger charge is 2.18. The van der Waals surface area contributed by atoms with E-state index >= 15 is 0 Å². The Labute approximate surface area is 89.4 Å². The molecular formula is C12H17NO2. The molecule has 1 saturated carbocycles. The van der Waals surface area contributed by atoms with Gasteiger partial charge in [-0.05, 0) is 25.3 Å². The average molecular weight is 207 g/mol. The molecule has 0 aromatic carbocycles. The van der Waals surface area contributed by atoms with E-state index in [-0.39, 0.29) is 17.5 Å². The minimum Gasteiger partial charge on any atom is -0.494 e. The van der Waals surface area contributed by atoms with Crippen molar-refractivity contribution in [1.29, 1.82) is 0 Å². The number of aromatic nitrogens is 1. The van der Waals surface area contributed by atoms with Crippen LogP contribution in [0, 0.1) is 6.92 Å². The summed E-state index contributed by atoms with van der Waals surface area (Å²) in [6, 6.07) is 3.46. The van der Waals surface area contributed by atoms with Crippen LogP contribution in [0.15, 0.2) is 16.9 Å². The average Bonchev–Trinajstić information content (AvgIpc) is 2.17. The van der Waals surface area contributed by atoms with E-state index in [1.165, 1.54) is 6.42 Å². The predicted octanol–water partition coefficient (Wildman–Crippen LogP) is 2.37. The van der Waals surface area contributed by atoms with E-state index in [4.69, 9.17) is 0 Å². The van der Waals surface area contributed by atoms with Crippen molar-refractivity contribution in [3.63, 3.8) is 0 Å². The third kappa shape index (κ3) is 2.06. The summed E-state index contributed by atoms with van der Waals surface area (Å²) in [7, 11) is 0. The number of rotatable bonds is 1. The van der Waals surface area contributed by atoms with Gasteiger partial charge in [0.15, 0.2) is 5.88 Å². The largest absolute Gasteiger partial charge is 0.494 e. The van der Waals surface area contributed by atoms with Crippen molar-refractivity contribution in [2.75, 3.05) is 0 Å². The highest BCUT2D eigenvalue weighted by atomic mass is 16.3. The third-order valence-electron chi connectivity index (χ3n) is 3.13. The van der Waals surface area contributed by atoms with Crippen molar-refractivity contribution >= 4 is 0 Å². The first kappa shape index (κ1) is 10.3. The van der Waals surface area contributed by atoms with Gasteiger partial charge in [-0.1, -0.05) is 19.3 Å². The SMILES string of the molecule is Cc1cc(O)n(C2CCCCC2)c(=O)c1. The molecule has 1 aliphatic rings. The molecule has 1 aliphatic carbocycles. The van der Waals surface area contributed by atoms with Crippen LogP contribution in [0.5, 0.6) is 5.88 Å². The molecule has 1 N–H and O–H groups in total. The highest BCUT2D eigenvalue weighted by molar-refractivity contribution is 5.20. The lowest BCUT2D eigenvalue weighted by Gasteiger charge is -2.24. The van der Waals surface area contributed by atoms with Gasteiger partial charge in [0, 0.05) is 18.2 Å². The van der Waals surface area contributed by atoms with Crippen molar-refractivity contribution in [2.24, 2.45) is 0 Å². The summed E-state index contributed by atoms with van der Waals surface area (Å²) >= 11 is 0. The summed E-state index contributed by atoms with van der Waals surface area (Å²) in [5, 5.41) is 9.79. The Morgan fingerprint density at radius 1 is 1.27 bits per heavy atom. The molecule has 1 aromatic heterocycles. The van der Waals surface area contributed by atoms with Crippen LogP contribution in [-0.2, 0) is 0 Å². The number of hydrogen-bond donors (Lipinski definition) is 1. The van der Waals surface area contributed by atoms with Gasteiger partial charge < -0.3 is 5.11 Å². The monoisotopic (exact) mass is 207 g/mol. The second-order valence-electron chi connectivity index (χ2n) is 4.39. The lowest BCUT2D eigenvalue weighted by Crippen LogP contribution is -2.25. The van der Waals surface area contributed by atoms with Crippen LogP contribution in [0.4, 0.5) is 0 Å². The van der Waals surface area contributed by atoms with Gasteiger partial charge in [0.25, 0.3) is 5.56 Å². The van der Waals surface area contributed by atoms with Crippen molar-refractivity contribution in [2.45, 2.75) is 45.1 Å². The van der Waals surface area contributed by atoms with E-state index in [2.05, 4.69) is 0 Å². The molecule has 3 nitrogen and oxygen atoms in total. The molecule has 82 valence electrons. The van der Waals surface area contributed by atoms with Crippen molar-refractivity contribution < 1.29 is 5.11 Å². The molecule has 0 aliphatic heterocycles. The minimum atomic E-state index is -0.0700. The first-order chi connectivity index (χ1) is 7.18. The van der Waals surface area contributed by atoms with Crippen LogP contribution in [0.1, 0.15) is 43.7 Å². The summed E-state index contributed by atoms with van der Waals surface area (Å²) in [5.74, 6) is 0.118. The quantitative estimate of drug-likeness (QED) is 0.768. The van der Waals surface area contributed by atoms with E-state index in [0.29, 0.717) is 0 Å². The molecule has 15 heavy (non-hydrogen) atoms. The molecule has 0 atom stereocenters. The first-order valence-electron chi connectivity index (χ1n) is 5.60. The maximum Gasteiger partial charge on any atom is 0.253 e. The van der Waals surface area contributed by atoms with Gasteiger partial charge in [-0.3, -0.25) is 9.36 Å². The summed E-state index contributed by atoms with van der Waals surface area (Å²) in [6.45, 7) is 1.83. The molecule has 0 saturated heterocycles. The number of nitrogens with zero attached hydrogens (tertiary/aromatic N) is 1. The topological polar surface area (TPSA) is 42.2 Å². The van der Waals surface area contributed by atoms with Crippen LogP contribution in [0.2, 0.25) is 0 Å². The molecule has 3 heteroatoms. The molecule has 0 amide bonds. The summed E-state index contributed by atoms with van der Waals surface area (Å²) < 4.78 is 1.55. The Morgan fingerprint density at radius 2 is 1.93 bits per heavy atom. The van der Waals surface area contributed by atoms with E-state index in [1.54, 1.807) is 16.7 Å². The number of aryl methyl sites for hydroxylation is 1. The number of aromatic hydroxyl groups is 1. The van der Waals surface area contributed by atoms with Gasteiger partial charge >= 0.3 is 0 Å².